The van der Waals surface area contributed by atoms with Gasteiger partial charge in [0.25, 0.3) is 5.91 Å². The van der Waals surface area contributed by atoms with Crippen LogP contribution in [0.2, 0.25) is 0 Å². The molecule has 1 heterocycles. The molecule has 1 amide bonds. The molecule has 106 valence electrons. The van der Waals surface area contributed by atoms with Gasteiger partial charge >= 0.3 is 0 Å². The summed E-state index contributed by atoms with van der Waals surface area (Å²) in [6, 6.07) is 4.97. The predicted molar refractivity (Wildman–Crippen MR) is 79.2 cm³/mol. The number of carbonyl (C=O) groups excluding carboxylic acids is 1. The molecule has 0 spiro atoms. The van der Waals surface area contributed by atoms with Crippen LogP contribution in [0.3, 0.4) is 0 Å². The Morgan fingerprint density at radius 2 is 1.85 bits per heavy atom. The third-order valence-corrected chi connectivity index (χ3v) is 4.23. The fourth-order valence-corrected chi connectivity index (χ4v) is 2.62. The first-order valence-electron chi connectivity index (χ1n) is 5.58. The number of anilines is 1. The zero-order valence-corrected chi connectivity index (χ0v) is 12.8. The fraction of sp³-hybridized carbons (Fsp3) is 0.250. The highest BCUT2D eigenvalue weighted by Gasteiger charge is 2.12. The summed E-state index contributed by atoms with van der Waals surface area (Å²) in [7, 11) is 3.07. The number of nitrogens with zero attached hydrogens (tertiary/aromatic N) is 2. The summed E-state index contributed by atoms with van der Waals surface area (Å²) >= 11 is 2.80. The molecule has 6 nitrogen and oxygen atoms in total. The summed E-state index contributed by atoms with van der Waals surface area (Å²) in [5.74, 6) is 0.819. The predicted octanol–water partition coefficient (Wildman–Crippen LogP) is 2.53. The molecule has 0 aliphatic rings. The Morgan fingerprint density at radius 1 is 1.20 bits per heavy atom. The number of amides is 1. The van der Waals surface area contributed by atoms with E-state index >= 15 is 0 Å². The quantitative estimate of drug-likeness (QED) is 0.675. The van der Waals surface area contributed by atoms with E-state index in [-0.39, 0.29) is 5.91 Å². The maximum absolute atomic E-state index is 12.2. The molecule has 1 N–H and O–H groups in total. The van der Waals surface area contributed by atoms with Crippen molar-refractivity contribution in [2.24, 2.45) is 0 Å². The highest BCUT2D eigenvalue weighted by molar-refractivity contribution is 8.00. The lowest BCUT2D eigenvalue weighted by Crippen LogP contribution is -2.12. The number of hydrogen-bond donors (Lipinski definition) is 1. The Bertz CT molecular complexity index is 593. The van der Waals surface area contributed by atoms with Crippen molar-refractivity contribution in [2.45, 2.75) is 4.34 Å². The van der Waals surface area contributed by atoms with Gasteiger partial charge in [-0.1, -0.05) is 23.1 Å². The van der Waals surface area contributed by atoms with E-state index in [2.05, 4.69) is 15.5 Å². The molecule has 8 heteroatoms. The Labute approximate surface area is 124 Å². The molecule has 0 saturated carbocycles. The van der Waals surface area contributed by atoms with Crippen LogP contribution in [0.1, 0.15) is 10.4 Å². The van der Waals surface area contributed by atoms with Crippen molar-refractivity contribution in [1.29, 1.82) is 0 Å². The molecule has 1 aromatic carbocycles. The van der Waals surface area contributed by atoms with Gasteiger partial charge in [0.2, 0.25) is 5.13 Å². The van der Waals surface area contributed by atoms with Gasteiger partial charge in [-0.05, 0) is 18.4 Å². The van der Waals surface area contributed by atoms with Gasteiger partial charge in [0.15, 0.2) is 4.34 Å². The number of ether oxygens (including phenoxy) is 2. The van der Waals surface area contributed by atoms with E-state index in [1.54, 1.807) is 18.2 Å². The van der Waals surface area contributed by atoms with Crippen molar-refractivity contribution >= 4 is 34.1 Å². The van der Waals surface area contributed by atoms with E-state index in [0.717, 1.165) is 4.34 Å². The highest BCUT2D eigenvalue weighted by atomic mass is 32.2. The van der Waals surface area contributed by atoms with Crippen LogP contribution in [0.15, 0.2) is 22.5 Å². The second-order valence-electron chi connectivity index (χ2n) is 3.63. The van der Waals surface area contributed by atoms with Crippen molar-refractivity contribution in [3.05, 3.63) is 23.8 Å². The summed E-state index contributed by atoms with van der Waals surface area (Å²) in [5.41, 5.74) is 0.433. The molecule has 0 saturated heterocycles. The maximum atomic E-state index is 12.2. The Morgan fingerprint density at radius 3 is 2.35 bits per heavy atom. The van der Waals surface area contributed by atoms with E-state index in [9.17, 15) is 4.79 Å². The van der Waals surface area contributed by atoms with Gasteiger partial charge in [0.05, 0.1) is 14.2 Å². The van der Waals surface area contributed by atoms with Gasteiger partial charge in [-0.3, -0.25) is 10.1 Å². The van der Waals surface area contributed by atoms with Crippen LogP contribution in [-0.2, 0) is 0 Å². The fourth-order valence-electron chi connectivity index (χ4n) is 1.45. The second kappa shape index (κ2) is 6.58. The summed E-state index contributed by atoms with van der Waals surface area (Å²) in [5, 5.41) is 11.0. The number of aromatic nitrogens is 2. The lowest BCUT2D eigenvalue weighted by Gasteiger charge is -2.07. The van der Waals surface area contributed by atoms with Crippen LogP contribution in [0.25, 0.3) is 0 Å². The van der Waals surface area contributed by atoms with Gasteiger partial charge in [-0.2, -0.15) is 0 Å². The maximum Gasteiger partial charge on any atom is 0.257 e. The Kier molecular flexibility index (Phi) is 4.80. The van der Waals surface area contributed by atoms with Crippen molar-refractivity contribution in [3.8, 4) is 11.5 Å². The molecule has 2 aromatic rings. The normalized spacial score (nSPS) is 10.2. The van der Waals surface area contributed by atoms with Crippen molar-refractivity contribution in [3.63, 3.8) is 0 Å². The average molecular weight is 311 g/mol. The smallest absolute Gasteiger partial charge is 0.257 e. The van der Waals surface area contributed by atoms with Crippen molar-refractivity contribution in [1.82, 2.24) is 10.2 Å². The number of hydrogen-bond acceptors (Lipinski definition) is 7. The molecule has 0 unspecified atom stereocenters. The molecular formula is C12H13N3O3S2. The molecule has 0 radical (unpaired) electrons. The monoisotopic (exact) mass is 311 g/mol. The number of benzene rings is 1. The van der Waals surface area contributed by atoms with E-state index < -0.39 is 0 Å². The number of nitrogens with one attached hydrogen (secondary N) is 1. The number of carbonyl (C=O) groups is 1. The van der Waals surface area contributed by atoms with Crippen LogP contribution in [0.5, 0.6) is 11.5 Å². The average Bonchev–Trinajstić information content (AvgIpc) is 2.94. The number of methoxy groups -OCH3 is 2. The lowest BCUT2D eigenvalue weighted by atomic mass is 10.2. The molecule has 0 fully saturated rings. The minimum Gasteiger partial charge on any atom is -0.497 e. The Hall–Kier alpha value is -1.80. The van der Waals surface area contributed by atoms with Gasteiger partial charge in [-0.25, -0.2) is 0 Å². The van der Waals surface area contributed by atoms with E-state index in [4.69, 9.17) is 9.47 Å². The molecular weight excluding hydrogens is 298 g/mol. The number of thioether (sulfide) groups is 1. The highest BCUT2D eigenvalue weighted by Crippen LogP contribution is 2.25. The van der Waals surface area contributed by atoms with Gasteiger partial charge in [-0.15, -0.1) is 10.2 Å². The summed E-state index contributed by atoms with van der Waals surface area (Å²) < 4.78 is 11.1. The topological polar surface area (TPSA) is 73.3 Å². The summed E-state index contributed by atoms with van der Waals surface area (Å²) in [4.78, 5) is 12.2. The molecule has 0 bridgehead atoms. The minimum absolute atomic E-state index is 0.286. The van der Waals surface area contributed by atoms with E-state index in [1.165, 1.54) is 37.3 Å². The molecule has 0 atom stereocenters. The zero-order valence-electron chi connectivity index (χ0n) is 11.2. The zero-order chi connectivity index (χ0) is 14.5. The molecule has 0 aliphatic heterocycles. The summed E-state index contributed by atoms with van der Waals surface area (Å²) in [6.07, 6.45) is 1.90. The van der Waals surface area contributed by atoms with Gasteiger partial charge < -0.3 is 9.47 Å². The summed E-state index contributed by atoms with van der Waals surface area (Å²) in [6.45, 7) is 0. The van der Waals surface area contributed by atoms with Gasteiger partial charge in [0.1, 0.15) is 11.5 Å². The van der Waals surface area contributed by atoms with Crippen LogP contribution >= 0.6 is 23.1 Å². The minimum atomic E-state index is -0.286. The van der Waals surface area contributed by atoms with Crippen LogP contribution in [0.4, 0.5) is 5.13 Å². The third-order valence-electron chi connectivity index (χ3n) is 2.42. The first-order valence-corrected chi connectivity index (χ1v) is 7.62. The van der Waals surface area contributed by atoms with Crippen molar-refractivity contribution < 1.29 is 14.3 Å². The third kappa shape index (κ3) is 3.40. The first-order chi connectivity index (χ1) is 9.66. The van der Waals surface area contributed by atoms with Crippen LogP contribution in [-0.4, -0.2) is 36.6 Å². The largest absolute Gasteiger partial charge is 0.497 e. The van der Waals surface area contributed by atoms with Crippen molar-refractivity contribution in [2.75, 3.05) is 25.8 Å². The molecule has 20 heavy (non-hydrogen) atoms. The second-order valence-corrected chi connectivity index (χ2v) is 5.66. The number of rotatable bonds is 5. The molecule has 2 rings (SSSR count). The van der Waals surface area contributed by atoms with Crippen LogP contribution in [0, 0.1) is 0 Å². The lowest BCUT2D eigenvalue weighted by molar-refractivity contribution is 0.102. The molecule has 1 aromatic heterocycles. The van der Waals surface area contributed by atoms with E-state index in [0.29, 0.717) is 22.2 Å². The SMILES string of the molecule is COc1cc(OC)cc(C(=O)Nc2nnc(SC)s2)c1. The van der Waals surface area contributed by atoms with Gasteiger partial charge in [0, 0.05) is 11.6 Å². The van der Waals surface area contributed by atoms with Crippen LogP contribution < -0.4 is 14.8 Å². The standard InChI is InChI=1S/C12H13N3O3S2/c1-17-8-4-7(5-9(6-8)18-2)10(16)13-11-14-15-12(19-3)20-11/h4-6H,1-3H3,(H,13,14,16). The Balaban J connectivity index is 2.19. The first kappa shape index (κ1) is 14.6. The van der Waals surface area contributed by atoms with E-state index in [1.807, 2.05) is 6.26 Å². The molecule has 0 aliphatic carbocycles.